The number of anilines is 1. The van der Waals surface area contributed by atoms with E-state index in [1.54, 1.807) is 6.20 Å². The topological polar surface area (TPSA) is 89.7 Å². The highest BCUT2D eigenvalue weighted by Crippen LogP contribution is 2.36. The van der Waals surface area contributed by atoms with Crippen molar-refractivity contribution >= 4 is 28.3 Å². The number of halogens is 1. The fourth-order valence-electron chi connectivity index (χ4n) is 2.83. The van der Waals surface area contributed by atoms with Gasteiger partial charge in [0.2, 0.25) is 0 Å². The van der Waals surface area contributed by atoms with Gasteiger partial charge in [-0.25, -0.2) is 9.97 Å². The number of rotatable bonds is 4. The van der Waals surface area contributed by atoms with E-state index in [4.69, 9.17) is 22.1 Å². The molecule has 0 saturated carbocycles. The Morgan fingerprint density at radius 3 is 2.62 bits per heavy atom. The molecule has 0 bridgehead atoms. The lowest BCUT2D eigenvalue weighted by molar-refractivity contribution is 0.328. The third-order valence-electron chi connectivity index (χ3n) is 3.99. The Kier molecular flexibility index (Phi) is 4.18. The molecule has 0 spiro atoms. The van der Waals surface area contributed by atoms with Crippen molar-refractivity contribution in [2.24, 2.45) is 0 Å². The standard InChI is InChI=1S/C19H16ClN5O/c1-2-26-19-18(21)23-16(11-6-4-3-5-7-11)17(24-19)12-8-13-10-22-25-15(13)14(20)9-12/h3-10H,2H2,1H3,(H2,21,23)(H,22,25). The number of hydrogen-bond donors (Lipinski definition) is 2. The quantitative estimate of drug-likeness (QED) is 0.562. The third-order valence-corrected chi connectivity index (χ3v) is 4.29. The van der Waals surface area contributed by atoms with Crippen LogP contribution in [0.15, 0.2) is 48.7 Å². The van der Waals surface area contributed by atoms with Crippen molar-refractivity contribution in [3.63, 3.8) is 0 Å². The maximum Gasteiger partial charge on any atom is 0.257 e. The molecule has 0 saturated heterocycles. The van der Waals surface area contributed by atoms with Crippen LogP contribution in [-0.2, 0) is 0 Å². The highest BCUT2D eigenvalue weighted by atomic mass is 35.5. The molecule has 2 aromatic carbocycles. The zero-order valence-corrected chi connectivity index (χ0v) is 14.8. The van der Waals surface area contributed by atoms with Crippen molar-refractivity contribution in [1.82, 2.24) is 20.2 Å². The van der Waals surface area contributed by atoms with E-state index in [0.717, 1.165) is 22.0 Å². The maximum absolute atomic E-state index is 6.41. The van der Waals surface area contributed by atoms with Gasteiger partial charge in [0.1, 0.15) is 5.69 Å². The van der Waals surface area contributed by atoms with Crippen LogP contribution >= 0.6 is 11.6 Å². The van der Waals surface area contributed by atoms with Gasteiger partial charge in [-0.3, -0.25) is 5.10 Å². The van der Waals surface area contributed by atoms with Crippen molar-refractivity contribution < 1.29 is 4.74 Å². The van der Waals surface area contributed by atoms with Gasteiger partial charge in [0.25, 0.3) is 5.88 Å². The number of ether oxygens (including phenoxy) is 1. The first-order valence-electron chi connectivity index (χ1n) is 8.16. The van der Waals surface area contributed by atoms with E-state index in [2.05, 4.69) is 20.2 Å². The van der Waals surface area contributed by atoms with Crippen LogP contribution in [0.3, 0.4) is 0 Å². The molecule has 0 aliphatic heterocycles. The minimum Gasteiger partial charge on any atom is -0.475 e. The highest BCUT2D eigenvalue weighted by molar-refractivity contribution is 6.35. The first-order chi connectivity index (χ1) is 12.7. The first-order valence-corrected chi connectivity index (χ1v) is 8.54. The molecule has 4 rings (SSSR count). The number of hydrogen-bond acceptors (Lipinski definition) is 5. The number of aromatic amines is 1. The van der Waals surface area contributed by atoms with Gasteiger partial charge in [-0.2, -0.15) is 5.10 Å². The SMILES string of the molecule is CCOc1nc(-c2cc(Cl)c3[nH]ncc3c2)c(-c2ccccc2)nc1N. The Morgan fingerprint density at radius 1 is 1.08 bits per heavy atom. The molecule has 0 fully saturated rings. The van der Waals surface area contributed by atoms with Crippen molar-refractivity contribution in [3.05, 3.63) is 53.7 Å². The summed E-state index contributed by atoms with van der Waals surface area (Å²) in [5, 5.41) is 8.39. The summed E-state index contributed by atoms with van der Waals surface area (Å²) in [5.74, 6) is 0.565. The second-order valence-corrected chi connectivity index (χ2v) is 6.11. The molecule has 4 aromatic rings. The number of benzene rings is 2. The molecule has 0 radical (unpaired) electrons. The average Bonchev–Trinajstić information content (AvgIpc) is 3.13. The zero-order chi connectivity index (χ0) is 18.1. The Hall–Kier alpha value is -3.12. The number of nitrogens with zero attached hydrogens (tertiary/aromatic N) is 3. The highest BCUT2D eigenvalue weighted by Gasteiger charge is 2.17. The first kappa shape index (κ1) is 16.4. The lowest BCUT2D eigenvalue weighted by atomic mass is 10.0. The third kappa shape index (κ3) is 2.84. The summed E-state index contributed by atoms with van der Waals surface area (Å²) in [6.45, 7) is 2.32. The lowest BCUT2D eigenvalue weighted by Gasteiger charge is -2.13. The fourth-order valence-corrected chi connectivity index (χ4v) is 3.09. The Bertz CT molecular complexity index is 1080. The molecule has 7 heteroatoms. The Morgan fingerprint density at radius 2 is 1.85 bits per heavy atom. The summed E-state index contributed by atoms with van der Waals surface area (Å²) in [4.78, 5) is 9.20. The summed E-state index contributed by atoms with van der Waals surface area (Å²) in [7, 11) is 0. The summed E-state index contributed by atoms with van der Waals surface area (Å²) in [6.07, 6.45) is 1.72. The van der Waals surface area contributed by atoms with Crippen LogP contribution in [0.5, 0.6) is 5.88 Å². The van der Waals surface area contributed by atoms with E-state index in [1.807, 2.05) is 49.4 Å². The average molecular weight is 366 g/mol. The van der Waals surface area contributed by atoms with Crippen molar-refractivity contribution in [3.8, 4) is 28.4 Å². The normalized spacial score (nSPS) is 11.0. The van der Waals surface area contributed by atoms with Crippen LogP contribution in [-0.4, -0.2) is 26.8 Å². The molecule has 0 unspecified atom stereocenters. The summed E-state index contributed by atoms with van der Waals surface area (Å²) < 4.78 is 5.54. The van der Waals surface area contributed by atoms with Crippen LogP contribution in [0.25, 0.3) is 33.4 Å². The van der Waals surface area contributed by atoms with Gasteiger partial charge >= 0.3 is 0 Å². The number of H-pyrrole nitrogens is 1. The van der Waals surface area contributed by atoms with Gasteiger partial charge in [-0.15, -0.1) is 0 Å². The molecule has 2 aromatic heterocycles. The molecule has 6 nitrogen and oxygen atoms in total. The van der Waals surface area contributed by atoms with Gasteiger partial charge in [-0.05, 0) is 19.1 Å². The Balaban J connectivity index is 1.98. The number of aromatic nitrogens is 4. The minimum absolute atomic E-state index is 0.255. The number of fused-ring (bicyclic) bond motifs is 1. The van der Waals surface area contributed by atoms with Crippen LogP contribution in [0.4, 0.5) is 5.82 Å². The second-order valence-electron chi connectivity index (χ2n) is 5.70. The van der Waals surface area contributed by atoms with Gasteiger partial charge < -0.3 is 10.5 Å². The van der Waals surface area contributed by atoms with E-state index >= 15 is 0 Å². The maximum atomic E-state index is 6.41. The number of nitrogens with one attached hydrogen (secondary N) is 1. The summed E-state index contributed by atoms with van der Waals surface area (Å²) in [6, 6.07) is 13.6. The largest absolute Gasteiger partial charge is 0.475 e. The van der Waals surface area contributed by atoms with E-state index in [-0.39, 0.29) is 5.82 Å². The zero-order valence-electron chi connectivity index (χ0n) is 14.0. The van der Waals surface area contributed by atoms with Gasteiger partial charge in [0, 0.05) is 16.5 Å². The van der Waals surface area contributed by atoms with Crippen LogP contribution < -0.4 is 10.5 Å². The molecule has 0 aliphatic rings. The van der Waals surface area contributed by atoms with Crippen molar-refractivity contribution in [2.75, 3.05) is 12.3 Å². The Labute approximate surface area is 155 Å². The fraction of sp³-hybridized carbons (Fsp3) is 0.105. The van der Waals surface area contributed by atoms with Gasteiger partial charge in [0.05, 0.1) is 29.0 Å². The van der Waals surface area contributed by atoms with Crippen LogP contribution in [0, 0.1) is 0 Å². The smallest absolute Gasteiger partial charge is 0.257 e. The number of nitrogens with two attached hydrogens (primary N) is 1. The van der Waals surface area contributed by atoms with Crippen molar-refractivity contribution in [1.29, 1.82) is 0 Å². The molecule has 2 heterocycles. The minimum atomic E-state index is 0.255. The monoisotopic (exact) mass is 365 g/mol. The van der Waals surface area contributed by atoms with Gasteiger partial charge in [0.15, 0.2) is 5.82 Å². The molecule has 0 atom stereocenters. The summed E-state index contributed by atoms with van der Waals surface area (Å²) in [5.41, 5.74) is 9.89. The van der Waals surface area contributed by atoms with Crippen LogP contribution in [0.1, 0.15) is 6.92 Å². The molecular weight excluding hydrogens is 350 g/mol. The predicted octanol–water partition coefficient (Wildman–Crippen LogP) is 4.32. The van der Waals surface area contributed by atoms with E-state index in [0.29, 0.717) is 28.9 Å². The molecular formula is C19H16ClN5O. The van der Waals surface area contributed by atoms with Crippen molar-refractivity contribution in [2.45, 2.75) is 6.92 Å². The summed E-state index contributed by atoms with van der Waals surface area (Å²) >= 11 is 6.41. The lowest BCUT2D eigenvalue weighted by Crippen LogP contribution is -2.05. The predicted molar refractivity (Wildman–Crippen MR) is 103 cm³/mol. The van der Waals surface area contributed by atoms with E-state index in [1.165, 1.54) is 0 Å². The molecule has 3 N–H and O–H groups in total. The molecule has 0 aliphatic carbocycles. The molecule has 0 amide bonds. The number of nitrogen functional groups attached to an aromatic ring is 1. The van der Waals surface area contributed by atoms with Gasteiger partial charge in [-0.1, -0.05) is 41.9 Å². The second kappa shape index (κ2) is 6.65. The van der Waals surface area contributed by atoms with E-state index in [9.17, 15) is 0 Å². The molecule has 130 valence electrons. The van der Waals surface area contributed by atoms with E-state index < -0.39 is 0 Å². The molecule has 26 heavy (non-hydrogen) atoms. The van der Waals surface area contributed by atoms with Crippen LogP contribution in [0.2, 0.25) is 5.02 Å².